The molecule has 2 fully saturated rings. The average molecular weight is 329 g/mol. The Bertz CT molecular complexity index is 638. The van der Waals surface area contributed by atoms with Gasteiger partial charge in [-0.1, -0.05) is 25.1 Å². The van der Waals surface area contributed by atoms with E-state index in [1.54, 1.807) is 9.80 Å². The summed E-state index contributed by atoms with van der Waals surface area (Å²) in [5.41, 5.74) is 1.93. The fourth-order valence-corrected chi connectivity index (χ4v) is 3.22. The van der Waals surface area contributed by atoms with Gasteiger partial charge in [-0.15, -0.1) is 0 Å². The zero-order chi connectivity index (χ0) is 17.1. The molecule has 0 radical (unpaired) electrons. The lowest BCUT2D eigenvalue weighted by Crippen LogP contribution is -2.48. The van der Waals surface area contributed by atoms with Crippen molar-refractivity contribution in [3.63, 3.8) is 0 Å². The number of aryl methyl sites for hydroxylation is 1. The van der Waals surface area contributed by atoms with E-state index in [0.717, 1.165) is 24.1 Å². The van der Waals surface area contributed by atoms with Crippen molar-refractivity contribution in [2.45, 2.75) is 19.8 Å². The number of anilines is 1. The molecule has 1 saturated carbocycles. The van der Waals surface area contributed by atoms with E-state index in [4.69, 9.17) is 0 Å². The number of nitrogens with zero attached hydrogens (tertiary/aromatic N) is 2. The molecule has 1 aromatic rings. The van der Waals surface area contributed by atoms with Crippen molar-refractivity contribution in [2.75, 3.05) is 31.5 Å². The predicted octanol–water partition coefficient (Wildman–Crippen LogP) is 1.12. The number of carbonyl (C=O) groups is 3. The van der Waals surface area contributed by atoms with E-state index in [0.29, 0.717) is 32.6 Å². The molecule has 1 saturated heterocycles. The first-order valence-electron chi connectivity index (χ1n) is 8.51. The standard InChI is InChI=1S/C18H23N3O3/c1-2-13-5-3-4-6-16(13)19-17(23)14-11-15(14)18(24)21-9-7-20(12-22)8-10-21/h3-6,12,14-15H,2,7-11H2,1H3,(H,19,23). The van der Waals surface area contributed by atoms with E-state index in [2.05, 4.69) is 5.32 Å². The van der Waals surface area contributed by atoms with Crippen molar-refractivity contribution in [1.82, 2.24) is 9.80 Å². The summed E-state index contributed by atoms with van der Waals surface area (Å²) in [6, 6.07) is 7.75. The fraction of sp³-hybridized carbons (Fsp3) is 0.500. The van der Waals surface area contributed by atoms with E-state index in [-0.39, 0.29) is 23.7 Å². The first-order valence-corrected chi connectivity index (χ1v) is 8.51. The number of benzene rings is 1. The van der Waals surface area contributed by atoms with Crippen LogP contribution in [0.15, 0.2) is 24.3 Å². The molecule has 0 aromatic heterocycles. The van der Waals surface area contributed by atoms with Gasteiger partial charge in [0.1, 0.15) is 0 Å². The van der Waals surface area contributed by atoms with Crippen LogP contribution in [0.5, 0.6) is 0 Å². The number of hydrogen-bond donors (Lipinski definition) is 1. The van der Waals surface area contributed by atoms with Crippen molar-refractivity contribution in [2.24, 2.45) is 11.8 Å². The summed E-state index contributed by atoms with van der Waals surface area (Å²) >= 11 is 0. The molecule has 0 bridgehead atoms. The molecular formula is C18H23N3O3. The Labute approximate surface area is 141 Å². The molecule has 24 heavy (non-hydrogen) atoms. The minimum atomic E-state index is -0.230. The highest BCUT2D eigenvalue weighted by Gasteiger charge is 2.49. The number of rotatable bonds is 5. The molecule has 0 spiro atoms. The van der Waals surface area contributed by atoms with E-state index >= 15 is 0 Å². The Hall–Kier alpha value is -2.37. The molecule has 2 atom stereocenters. The second-order valence-corrected chi connectivity index (χ2v) is 6.42. The lowest BCUT2D eigenvalue weighted by Gasteiger charge is -2.32. The summed E-state index contributed by atoms with van der Waals surface area (Å²) in [7, 11) is 0. The van der Waals surface area contributed by atoms with Crippen LogP contribution in [-0.2, 0) is 20.8 Å². The van der Waals surface area contributed by atoms with Crippen molar-refractivity contribution in [3.05, 3.63) is 29.8 Å². The van der Waals surface area contributed by atoms with Crippen LogP contribution in [-0.4, -0.2) is 54.2 Å². The Morgan fingerprint density at radius 1 is 1.17 bits per heavy atom. The van der Waals surface area contributed by atoms with Gasteiger partial charge in [0.15, 0.2) is 0 Å². The topological polar surface area (TPSA) is 69.7 Å². The van der Waals surface area contributed by atoms with Gasteiger partial charge in [-0.3, -0.25) is 14.4 Å². The first-order chi connectivity index (χ1) is 11.6. The van der Waals surface area contributed by atoms with Crippen molar-refractivity contribution in [1.29, 1.82) is 0 Å². The summed E-state index contributed by atoms with van der Waals surface area (Å²) in [4.78, 5) is 39.1. The zero-order valence-corrected chi connectivity index (χ0v) is 13.9. The highest BCUT2D eigenvalue weighted by atomic mass is 16.2. The van der Waals surface area contributed by atoms with Crippen LogP contribution in [0.4, 0.5) is 5.69 Å². The highest BCUT2D eigenvalue weighted by Crippen LogP contribution is 2.41. The van der Waals surface area contributed by atoms with E-state index in [1.165, 1.54) is 0 Å². The number of nitrogens with one attached hydrogen (secondary N) is 1. The molecule has 1 heterocycles. The Morgan fingerprint density at radius 3 is 2.54 bits per heavy atom. The van der Waals surface area contributed by atoms with Gasteiger partial charge in [-0.2, -0.15) is 0 Å². The lowest BCUT2D eigenvalue weighted by molar-refractivity contribution is -0.137. The number of piperazine rings is 1. The maximum absolute atomic E-state index is 12.5. The molecule has 6 nitrogen and oxygen atoms in total. The van der Waals surface area contributed by atoms with Gasteiger partial charge in [0.25, 0.3) is 0 Å². The SMILES string of the molecule is CCc1ccccc1NC(=O)C1CC1C(=O)N1CCN(C=O)CC1. The molecule has 2 aliphatic rings. The van der Waals surface area contributed by atoms with E-state index in [1.807, 2.05) is 31.2 Å². The maximum atomic E-state index is 12.5. The molecule has 128 valence electrons. The van der Waals surface area contributed by atoms with Crippen LogP contribution in [0.3, 0.4) is 0 Å². The summed E-state index contributed by atoms with van der Waals surface area (Å²) in [6.07, 6.45) is 2.29. The van der Waals surface area contributed by atoms with Crippen molar-refractivity contribution in [3.8, 4) is 0 Å². The van der Waals surface area contributed by atoms with Gasteiger partial charge < -0.3 is 15.1 Å². The Kier molecular flexibility index (Phi) is 4.83. The van der Waals surface area contributed by atoms with Crippen LogP contribution in [0.25, 0.3) is 0 Å². The molecule has 1 aliphatic carbocycles. The molecule has 2 unspecified atom stereocenters. The van der Waals surface area contributed by atoms with E-state index in [9.17, 15) is 14.4 Å². The minimum absolute atomic E-state index is 0.0458. The third-order valence-corrected chi connectivity index (χ3v) is 4.88. The number of hydrogen-bond acceptors (Lipinski definition) is 3. The van der Waals surface area contributed by atoms with Crippen LogP contribution in [0, 0.1) is 11.8 Å². The van der Waals surface area contributed by atoms with Gasteiger partial charge in [-0.05, 0) is 24.5 Å². The van der Waals surface area contributed by atoms with Gasteiger partial charge in [0, 0.05) is 31.9 Å². The number of amides is 3. The van der Waals surface area contributed by atoms with Crippen LogP contribution >= 0.6 is 0 Å². The molecule has 1 aliphatic heterocycles. The molecule has 3 rings (SSSR count). The third kappa shape index (κ3) is 3.42. The second-order valence-electron chi connectivity index (χ2n) is 6.42. The number of para-hydroxylation sites is 1. The molecule has 6 heteroatoms. The van der Waals surface area contributed by atoms with Gasteiger partial charge in [-0.25, -0.2) is 0 Å². The van der Waals surface area contributed by atoms with Crippen LogP contribution in [0.1, 0.15) is 18.9 Å². The fourth-order valence-electron chi connectivity index (χ4n) is 3.22. The van der Waals surface area contributed by atoms with Crippen LogP contribution in [0.2, 0.25) is 0 Å². The predicted molar refractivity (Wildman–Crippen MR) is 90.3 cm³/mol. The number of carbonyl (C=O) groups excluding carboxylic acids is 3. The van der Waals surface area contributed by atoms with Crippen LogP contribution < -0.4 is 5.32 Å². The zero-order valence-electron chi connectivity index (χ0n) is 13.9. The normalized spacial score (nSPS) is 22.9. The maximum Gasteiger partial charge on any atom is 0.228 e. The summed E-state index contributed by atoms with van der Waals surface area (Å²) in [6.45, 7) is 4.31. The van der Waals surface area contributed by atoms with Gasteiger partial charge >= 0.3 is 0 Å². The monoisotopic (exact) mass is 329 g/mol. The summed E-state index contributed by atoms with van der Waals surface area (Å²) < 4.78 is 0. The quantitative estimate of drug-likeness (QED) is 0.823. The summed E-state index contributed by atoms with van der Waals surface area (Å²) in [5.74, 6) is -0.460. The average Bonchev–Trinajstić information content (AvgIpc) is 3.42. The Morgan fingerprint density at radius 2 is 1.88 bits per heavy atom. The third-order valence-electron chi connectivity index (χ3n) is 4.88. The van der Waals surface area contributed by atoms with Gasteiger partial charge in [0.2, 0.25) is 18.2 Å². The lowest BCUT2D eigenvalue weighted by atomic mass is 10.1. The van der Waals surface area contributed by atoms with Gasteiger partial charge in [0.05, 0.1) is 11.8 Å². The molecular weight excluding hydrogens is 306 g/mol. The first kappa shape index (κ1) is 16.5. The largest absolute Gasteiger partial charge is 0.342 e. The Balaban J connectivity index is 1.54. The van der Waals surface area contributed by atoms with Crippen molar-refractivity contribution < 1.29 is 14.4 Å². The van der Waals surface area contributed by atoms with Crippen molar-refractivity contribution >= 4 is 23.9 Å². The second kappa shape index (κ2) is 7.03. The molecule has 3 amide bonds. The minimum Gasteiger partial charge on any atom is -0.342 e. The molecule has 1 N–H and O–H groups in total. The smallest absolute Gasteiger partial charge is 0.228 e. The summed E-state index contributed by atoms with van der Waals surface area (Å²) in [5, 5.41) is 2.96. The highest BCUT2D eigenvalue weighted by molar-refractivity contribution is 6.00. The molecule has 1 aromatic carbocycles. The van der Waals surface area contributed by atoms with E-state index < -0.39 is 0 Å².